The molecule has 6 nitrogen and oxygen atoms in total. The summed E-state index contributed by atoms with van der Waals surface area (Å²) in [7, 11) is -3.84. The fourth-order valence-corrected chi connectivity index (χ4v) is 3.25. The Balaban J connectivity index is 2.44. The second kappa shape index (κ2) is 10.1. The summed E-state index contributed by atoms with van der Waals surface area (Å²) >= 11 is 0. The number of sulfonamides is 1. The second-order valence-electron chi connectivity index (χ2n) is 5.75. The minimum absolute atomic E-state index is 0.0216. The third-order valence-electron chi connectivity index (χ3n) is 3.48. The van der Waals surface area contributed by atoms with Gasteiger partial charge in [0, 0.05) is 19.0 Å². The van der Waals surface area contributed by atoms with Gasteiger partial charge in [0.15, 0.2) is 0 Å². The Labute approximate surface area is 144 Å². The first-order valence-corrected chi connectivity index (χ1v) is 9.77. The van der Waals surface area contributed by atoms with E-state index in [2.05, 4.69) is 12.2 Å². The zero-order valence-electron chi connectivity index (χ0n) is 14.3. The second-order valence-corrected chi connectivity index (χ2v) is 7.43. The fraction of sp³-hybridized carbons (Fsp3) is 0.529. The van der Waals surface area contributed by atoms with Gasteiger partial charge in [-0.3, -0.25) is 9.59 Å². The Morgan fingerprint density at radius 2 is 1.54 bits per heavy atom. The number of hydrogen-bond acceptors (Lipinski definition) is 4. The van der Waals surface area contributed by atoms with Crippen molar-refractivity contribution in [3.63, 3.8) is 0 Å². The molecule has 0 saturated carbocycles. The lowest BCUT2D eigenvalue weighted by atomic mass is 10.1. The van der Waals surface area contributed by atoms with Gasteiger partial charge in [-0.15, -0.1) is 0 Å². The van der Waals surface area contributed by atoms with Gasteiger partial charge in [-0.2, -0.15) is 0 Å². The average Bonchev–Trinajstić information content (AvgIpc) is 2.50. The molecule has 1 rings (SSSR count). The van der Waals surface area contributed by atoms with Crippen LogP contribution in [0.2, 0.25) is 0 Å². The number of nitrogens with one attached hydrogen (secondary N) is 2. The van der Waals surface area contributed by atoms with E-state index in [0.29, 0.717) is 12.1 Å². The molecule has 1 aromatic rings. The van der Waals surface area contributed by atoms with Crippen molar-refractivity contribution in [1.82, 2.24) is 4.72 Å². The van der Waals surface area contributed by atoms with E-state index >= 15 is 0 Å². The molecule has 0 aliphatic carbocycles. The maximum atomic E-state index is 11.8. The normalized spacial score (nSPS) is 11.1. The zero-order valence-corrected chi connectivity index (χ0v) is 15.1. The Morgan fingerprint density at radius 3 is 2.12 bits per heavy atom. The van der Waals surface area contributed by atoms with E-state index in [1.807, 2.05) is 4.72 Å². The molecule has 7 heteroatoms. The van der Waals surface area contributed by atoms with E-state index < -0.39 is 15.9 Å². The zero-order chi connectivity index (χ0) is 18.0. The Morgan fingerprint density at radius 1 is 0.958 bits per heavy atom. The number of rotatable bonds is 10. The van der Waals surface area contributed by atoms with Gasteiger partial charge in [0.25, 0.3) is 10.0 Å². The first-order chi connectivity index (χ1) is 11.3. The molecule has 0 bridgehead atoms. The van der Waals surface area contributed by atoms with Gasteiger partial charge >= 0.3 is 0 Å². The van der Waals surface area contributed by atoms with Crippen LogP contribution in [0.1, 0.15) is 58.8 Å². The van der Waals surface area contributed by atoms with Gasteiger partial charge in [-0.05, 0) is 30.7 Å². The Bertz CT molecular complexity index is 639. The highest BCUT2D eigenvalue weighted by molar-refractivity contribution is 7.90. The number of amides is 2. The van der Waals surface area contributed by atoms with Gasteiger partial charge in [-0.1, -0.05) is 39.0 Å². The topological polar surface area (TPSA) is 92.3 Å². The highest BCUT2D eigenvalue weighted by atomic mass is 32.2. The molecule has 24 heavy (non-hydrogen) atoms. The van der Waals surface area contributed by atoms with Crippen LogP contribution in [0.25, 0.3) is 0 Å². The van der Waals surface area contributed by atoms with Crippen LogP contribution in [-0.2, 0) is 19.6 Å². The fourth-order valence-electron chi connectivity index (χ4n) is 2.25. The quantitative estimate of drug-likeness (QED) is 0.631. The molecule has 0 atom stereocenters. The standard InChI is InChI=1S/C17H26N2O4S/c1-3-4-5-6-7-8-9-17(21)18-15-10-12-16(13-11-15)24(22,23)19-14(2)20/h10-13H,3-9H2,1-2H3,(H,18,21)(H,19,20). The van der Waals surface area contributed by atoms with Crippen molar-refractivity contribution < 1.29 is 18.0 Å². The maximum absolute atomic E-state index is 11.8. The predicted octanol–water partition coefficient (Wildman–Crippen LogP) is 3.20. The molecule has 2 amide bonds. The van der Waals surface area contributed by atoms with E-state index in [9.17, 15) is 18.0 Å². The molecule has 0 aromatic heterocycles. The highest BCUT2D eigenvalue weighted by Crippen LogP contribution is 2.15. The number of benzene rings is 1. The van der Waals surface area contributed by atoms with Crippen LogP contribution >= 0.6 is 0 Å². The third kappa shape index (κ3) is 7.59. The summed E-state index contributed by atoms with van der Waals surface area (Å²) in [6.45, 7) is 3.30. The van der Waals surface area contributed by atoms with Crippen molar-refractivity contribution in [2.45, 2.75) is 63.7 Å². The largest absolute Gasteiger partial charge is 0.326 e. The van der Waals surface area contributed by atoms with Crippen LogP contribution in [0.3, 0.4) is 0 Å². The molecule has 0 fully saturated rings. The third-order valence-corrected chi connectivity index (χ3v) is 4.93. The summed E-state index contributed by atoms with van der Waals surface area (Å²) < 4.78 is 25.5. The van der Waals surface area contributed by atoms with Crippen LogP contribution in [0.4, 0.5) is 5.69 Å². The van der Waals surface area contributed by atoms with E-state index in [0.717, 1.165) is 26.2 Å². The number of carbonyl (C=O) groups is 2. The van der Waals surface area contributed by atoms with Crippen LogP contribution in [0.15, 0.2) is 29.2 Å². The summed E-state index contributed by atoms with van der Waals surface area (Å²) in [5.41, 5.74) is 0.535. The molecule has 0 unspecified atom stereocenters. The van der Waals surface area contributed by atoms with Crippen molar-refractivity contribution >= 4 is 27.5 Å². The monoisotopic (exact) mass is 354 g/mol. The van der Waals surface area contributed by atoms with Gasteiger partial charge < -0.3 is 5.32 Å². The summed E-state index contributed by atoms with van der Waals surface area (Å²) in [5.74, 6) is -0.728. The summed E-state index contributed by atoms with van der Waals surface area (Å²) in [5, 5.41) is 2.74. The summed E-state index contributed by atoms with van der Waals surface area (Å²) in [4.78, 5) is 22.7. The van der Waals surface area contributed by atoms with Gasteiger partial charge in [0.05, 0.1) is 4.90 Å². The van der Waals surface area contributed by atoms with E-state index in [4.69, 9.17) is 0 Å². The number of carbonyl (C=O) groups excluding carboxylic acids is 2. The molecule has 134 valence electrons. The SMILES string of the molecule is CCCCCCCCC(=O)Nc1ccc(S(=O)(=O)NC(C)=O)cc1. The Hall–Kier alpha value is -1.89. The van der Waals surface area contributed by atoms with Crippen molar-refractivity contribution in [3.8, 4) is 0 Å². The molecule has 0 spiro atoms. The maximum Gasteiger partial charge on any atom is 0.264 e. The molecule has 0 aliphatic rings. The molecule has 0 radical (unpaired) electrons. The molecule has 0 aliphatic heterocycles. The minimum atomic E-state index is -3.84. The van der Waals surface area contributed by atoms with Crippen molar-refractivity contribution in [2.75, 3.05) is 5.32 Å². The highest BCUT2D eigenvalue weighted by Gasteiger charge is 2.15. The predicted molar refractivity (Wildman–Crippen MR) is 94.1 cm³/mol. The van der Waals surface area contributed by atoms with Crippen LogP contribution in [0.5, 0.6) is 0 Å². The van der Waals surface area contributed by atoms with E-state index in [1.54, 1.807) is 0 Å². The number of anilines is 1. The van der Waals surface area contributed by atoms with E-state index in [1.165, 1.54) is 43.5 Å². The first kappa shape index (κ1) is 20.2. The van der Waals surface area contributed by atoms with Crippen molar-refractivity contribution in [3.05, 3.63) is 24.3 Å². The molecule has 0 heterocycles. The van der Waals surface area contributed by atoms with Gasteiger partial charge in [0.1, 0.15) is 0 Å². The van der Waals surface area contributed by atoms with Crippen molar-refractivity contribution in [1.29, 1.82) is 0 Å². The molecule has 2 N–H and O–H groups in total. The summed E-state index contributed by atoms with van der Waals surface area (Å²) in [6.07, 6.45) is 7.15. The van der Waals surface area contributed by atoms with E-state index in [-0.39, 0.29) is 10.8 Å². The Kier molecular flexibility index (Phi) is 8.46. The average molecular weight is 354 g/mol. The number of hydrogen-bond donors (Lipinski definition) is 2. The lowest BCUT2D eigenvalue weighted by molar-refractivity contribution is -0.117. The molecular weight excluding hydrogens is 328 g/mol. The molecule has 1 aromatic carbocycles. The lowest BCUT2D eigenvalue weighted by Crippen LogP contribution is -2.28. The van der Waals surface area contributed by atoms with Crippen LogP contribution in [0, 0.1) is 0 Å². The first-order valence-electron chi connectivity index (χ1n) is 8.28. The molecule has 0 saturated heterocycles. The van der Waals surface area contributed by atoms with Crippen LogP contribution < -0.4 is 10.0 Å². The van der Waals surface area contributed by atoms with Gasteiger partial charge in [-0.25, -0.2) is 13.1 Å². The lowest BCUT2D eigenvalue weighted by Gasteiger charge is -2.08. The van der Waals surface area contributed by atoms with Crippen molar-refractivity contribution in [2.24, 2.45) is 0 Å². The van der Waals surface area contributed by atoms with Gasteiger partial charge in [0.2, 0.25) is 11.8 Å². The summed E-state index contributed by atoms with van der Waals surface area (Å²) in [6, 6.07) is 5.72. The number of unbranched alkanes of at least 4 members (excludes halogenated alkanes) is 5. The minimum Gasteiger partial charge on any atom is -0.326 e. The smallest absolute Gasteiger partial charge is 0.264 e. The molecular formula is C17H26N2O4S. The van der Waals surface area contributed by atoms with Crippen LogP contribution in [-0.4, -0.2) is 20.2 Å².